The molecule has 0 bridgehead atoms. The van der Waals surface area contributed by atoms with Gasteiger partial charge in [0.15, 0.2) is 0 Å². The summed E-state index contributed by atoms with van der Waals surface area (Å²) in [4.78, 5) is 13.9. The van der Waals surface area contributed by atoms with Gasteiger partial charge in [0.25, 0.3) is 0 Å². The largest absolute Gasteiger partial charge is 0.466 e. The van der Waals surface area contributed by atoms with Crippen molar-refractivity contribution in [1.29, 1.82) is 0 Å². The Kier molecular flexibility index (Phi) is 4.53. The average molecular weight is 253 g/mol. The first kappa shape index (κ1) is 13.3. The molecule has 0 N–H and O–H groups in total. The summed E-state index contributed by atoms with van der Waals surface area (Å²) < 4.78 is 17.9. The van der Waals surface area contributed by atoms with E-state index in [-0.39, 0.29) is 23.8 Å². The second-order valence-corrected chi connectivity index (χ2v) is 4.81. The van der Waals surface area contributed by atoms with Crippen molar-refractivity contribution in [1.82, 2.24) is 4.90 Å². The molecule has 18 heavy (non-hydrogen) atoms. The van der Waals surface area contributed by atoms with E-state index in [2.05, 4.69) is 4.90 Å². The van der Waals surface area contributed by atoms with Crippen LogP contribution in [0.5, 0.6) is 0 Å². The van der Waals surface area contributed by atoms with Crippen molar-refractivity contribution in [2.24, 2.45) is 5.92 Å². The van der Waals surface area contributed by atoms with Crippen molar-refractivity contribution in [3.05, 3.63) is 24.1 Å². The molecule has 2 aliphatic rings. The number of piperidine rings is 1. The topological polar surface area (TPSA) is 29.5 Å². The molecule has 1 aliphatic carbocycles. The van der Waals surface area contributed by atoms with E-state index in [4.69, 9.17) is 4.74 Å². The Balaban J connectivity index is 1.80. The Bertz CT molecular complexity index is 357. The standard InChI is InChI=1S/C14H20FNO2/c1-2-18-14(17)11-7-9-16(10-8-11)13-5-3-12(15)4-6-13/h3-5,11,13H,2,6-10H2,1H3. The maximum atomic E-state index is 12.9. The van der Waals surface area contributed by atoms with Crippen LogP contribution in [0.25, 0.3) is 0 Å². The number of nitrogens with zero attached hydrogens (tertiary/aromatic N) is 1. The lowest BCUT2D eigenvalue weighted by Crippen LogP contribution is -2.42. The molecule has 100 valence electrons. The highest BCUT2D eigenvalue weighted by Crippen LogP contribution is 2.24. The second kappa shape index (κ2) is 6.14. The van der Waals surface area contributed by atoms with E-state index in [1.165, 1.54) is 6.08 Å². The van der Waals surface area contributed by atoms with Crippen molar-refractivity contribution < 1.29 is 13.9 Å². The number of allylic oxidation sites excluding steroid dienone is 2. The fourth-order valence-corrected chi connectivity index (χ4v) is 2.58. The molecule has 1 fully saturated rings. The minimum Gasteiger partial charge on any atom is -0.466 e. The zero-order valence-corrected chi connectivity index (χ0v) is 10.8. The average Bonchev–Trinajstić information content (AvgIpc) is 2.40. The van der Waals surface area contributed by atoms with Gasteiger partial charge in [0.05, 0.1) is 12.5 Å². The highest BCUT2D eigenvalue weighted by molar-refractivity contribution is 5.72. The van der Waals surface area contributed by atoms with E-state index >= 15 is 0 Å². The Morgan fingerprint density at radius 3 is 2.78 bits per heavy atom. The van der Waals surface area contributed by atoms with Crippen LogP contribution in [0, 0.1) is 5.92 Å². The molecule has 3 nitrogen and oxygen atoms in total. The predicted molar refractivity (Wildman–Crippen MR) is 67.7 cm³/mol. The lowest BCUT2D eigenvalue weighted by molar-refractivity contribution is -0.149. The van der Waals surface area contributed by atoms with Crippen molar-refractivity contribution in [2.75, 3.05) is 19.7 Å². The molecule has 0 spiro atoms. The van der Waals surface area contributed by atoms with Crippen LogP contribution in [0.1, 0.15) is 26.2 Å². The van der Waals surface area contributed by atoms with E-state index in [1.807, 2.05) is 13.0 Å². The van der Waals surface area contributed by atoms with Crippen LogP contribution < -0.4 is 0 Å². The maximum Gasteiger partial charge on any atom is 0.309 e. The first-order valence-corrected chi connectivity index (χ1v) is 6.65. The molecule has 0 aromatic carbocycles. The van der Waals surface area contributed by atoms with Gasteiger partial charge in [-0.05, 0) is 51.4 Å². The van der Waals surface area contributed by atoms with Gasteiger partial charge in [-0.3, -0.25) is 9.69 Å². The zero-order chi connectivity index (χ0) is 13.0. The van der Waals surface area contributed by atoms with Crippen molar-refractivity contribution in [3.63, 3.8) is 0 Å². The molecule has 2 rings (SSSR count). The van der Waals surface area contributed by atoms with Gasteiger partial charge in [0, 0.05) is 6.04 Å². The number of likely N-dealkylation sites (tertiary alicyclic amines) is 1. The Morgan fingerprint density at radius 1 is 1.50 bits per heavy atom. The van der Waals surface area contributed by atoms with Gasteiger partial charge in [-0.2, -0.15) is 0 Å². The molecule has 0 radical (unpaired) electrons. The van der Waals surface area contributed by atoms with Gasteiger partial charge in [0.1, 0.15) is 5.83 Å². The summed E-state index contributed by atoms with van der Waals surface area (Å²) in [5.74, 6) is -0.170. The summed E-state index contributed by atoms with van der Waals surface area (Å²) in [6.07, 6.45) is 7.49. The van der Waals surface area contributed by atoms with Crippen molar-refractivity contribution in [2.45, 2.75) is 32.2 Å². The minimum atomic E-state index is -0.146. The first-order valence-electron chi connectivity index (χ1n) is 6.65. The molecular weight excluding hydrogens is 233 g/mol. The molecule has 1 saturated heterocycles. The third-order valence-corrected chi connectivity index (χ3v) is 3.65. The predicted octanol–water partition coefficient (Wildman–Crippen LogP) is 2.44. The number of hydrogen-bond acceptors (Lipinski definition) is 3. The van der Waals surface area contributed by atoms with Gasteiger partial charge < -0.3 is 4.74 Å². The van der Waals surface area contributed by atoms with Crippen LogP contribution >= 0.6 is 0 Å². The molecule has 0 amide bonds. The summed E-state index contributed by atoms with van der Waals surface area (Å²) in [7, 11) is 0. The highest BCUT2D eigenvalue weighted by Gasteiger charge is 2.28. The van der Waals surface area contributed by atoms with Gasteiger partial charge in [-0.1, -0.05) is 6.08 Å². The van der Waals surface area contributed by atoms with Gasteiger partial charge in [-0.15, -0.1) is 0 Å². The molecule has 0 aromatic heterocycles. The lowest BCUT2D eigenvalue weighted by Gasteiger charge is -2.35. The minimum absolute atomic E-state index is 0.0426. The van der Waals surface area contributed by atoms with E-state index in [1.54, 1.807) is 6.08 Å². The summed E-state index contributed by atoms with van der Waals surface area (Å²) in [5, 5.41) is 0. The summed E-state index contributed by atoms with van der Waals surface area (Å²) in [6, 6.07) is 0.285. The van der Waals surface area contributed by atoms with Crippen LogP contribution in [0.2, 0.25) is 0 Å². The molecule has 1 atom stereocenters. The lowest BCUT2D eigenvalue weighted by atomic mass is 9.94. The highest BCUT2D eigenvalue weighted by atomic mass is 19.1. The number of rotatable bonds is 3. The van der Waals surface area contributed by atoms with E-state index in [0.29, 0.717) is 6.61 Å². The molecule has 4 heteroatoms. The normalized spacial score (nSPS) is 25.9. The van der Waals surface area contributed by atoms with Gasteiger partial charge >= 0.3 is 5.97 Å². The molecular formula is C14H20FNO2. The fraction of sp³-hybridized carbons (Fsp3) is 0.643. The summed E-state index contributed by atoms with van der Waals surface area (Å²) >= 11 is 0. The van der Waals surface area contributed by atoms with Gasteiger partial charge in [-0.25, -0.2) is 4.39 Å². The third-order valence-electron chi connectivity index (χ3n) is 3.65. The second-order valence-electron chi connectivity index (χ2n) is 4.81. The zero-order valence-electron chi connectivity index (χ0n) is 10.8. The molecule has 0 saturated carbocycles. The van der Waals surface area contributed by atoms with Crippen LogP contribution in [0.4, 0.5) is 4.39 Å². The third kappa shape index (κ3) is 3.19. The van der Waals surface area contributed by atoms with Crippen molar-refractivity contribution >= 4 is 5.97 Å². The Labute approximate surface area is 107 Å². The van der Waals surface area contributed by atoms with Crippen LogP contribution in [-0.2, 0) is 9.53 Å². The molecule has 1 aliphatic heterocycles. The number of carbonyl (C=O) groups is 1. The monoisotopic (exact) mass is 253 g/mol. The van der Waals surface area contributed by atoms with E-state index in [9.17, 15) is 9.18 Å². The SMILES string of the molecule is CCOC(=O)C1CCN(C2C=CC(F)=CC2)CC1. The number of esters is 1. The molecule has 1 heterocycles. The molecule has 1 unspecified atom stereocenters. The smallest absolute Gasteiger partial charge is 0.309 e. The van der Waals surface area contributed by atoms with E-state index in [0.717, 1.165) is 32.4 Å². The van der Waals surface area contributed by atoms with Gasteiger partial charge in [0.2, 0.25) is 0 Å². The quantitative estimate of drug-likeness (QED) is 0.724. The molecule has 0 aromatic rings. The van der Waals surface area contributed by atoms with E-state index < -0.39 is 0 Å². The number of ether oxygens (including phenoxy) is 1. The number of halogens is 1. The summed E-state index contributed by atoms with van der Waals surface area (Å²) in [6.45, 7) is 4.05. The summed E-state index contributed by atoms with van der Waals surface area (Å²) in [5.41, 5.74) is 0. The van der Waals surface area contributed by atoms with Crippen LogP contribution in [0.3, 0.4) is 0 Å². The maximum absolute atomic E-state index is 12.9. The Hall–Kier alpha value is -1.16. The van der Waals surface area contributed by atoms with Crippen molar-refractivity contribution in [3.8, 4) is 0 Å². The van der Waals surface area contributed by atoms with Crippen LogP contribution in [-0.4, -0.2) is 36.6 Å². The Morgan fingerprint density at radius 2 is 2.22 bits per heavy atom. The number of carbonyl (C=O) groups excluding carboxylic acids is 1. The van der Waals surface area contributed by atoms with Crippen LogP contribution in [0.15, 0.2) is 24.1 Å². The number of hydrogen-bond donors (Lipinski definition) is 0. The fourth-order valence-electron chi connectivity index (χ4n) is 2.58. The first-order chi connectivity index (χ1) is 8.70.